The number of benzene rings is 2. The van der Waals surface area contributed by atoms with Crippen LogP contribution >= 0.6 is 0 Å². The highest BCUT2D eigenvalue weighted by Gasteiger charge is 2.45. The fourth-order valence-electron chi connectivity index (χ4n) is 4.45. The molecule has 1 aliphatic heterocycles. The van der Waals surface area contributed by atoms with Crippen LogP contribution in [0.15, 0.2) is 41.3 Å². The fraction of sp³-hybridized carbons (Fsp3) is 0.400. The highest BCUT2D eigenvalue weighted by Crippen LogP contribution is 2.55. The van der Waals surface area contributed by atoms with Crippen molar-refractivity contribution < 1.29 is 27.4 Å². The van der Waals surface area contributed by atoms with E-state index in [9.17, 15) is 22.7 Å². The Morgan fingerprint density at radius 3 is 2.74 bits per heavy atom. The van der Waals surface area contributed by atoms with Crippen molar-refractivity contribution in [3.8, 4) is 5.75 Å². The van der Waals surface area contributed by atoms with Crippen LogP contribution in [0.2, 0.25) is 0 Å². The first-order valence-electron chi connectivity index (χ1n) is 11.5. The maximum atomic E-state index is 14.0. The summed E-state index contributed by atoms with van der Waals surface area (Å²) in [6.45, 7) is 7.18. The largest absolute Gasteiger partial charge is 0.492 e. The zero-order valence-corrected chi connectivity index (χ0v) is 20.1. The van der Waals surface area contributed by atoms with E-state index >= 15 is 0 Å². The number of nitrogens with zero attached hydrogens (tertiary/aromatic N) is 1. The lowest BCUT2D eigenvalue weighted by molar-refractivity contribution is 0.0692. The van der Waals surface area contributed by atoms with E-state index in [0.717, 1.165) is 43.8 Å². The summed E-state index contributed by atoms with van der Waals surface area (Å²) in [7, 11) is -4.21. The van der Waals surface area contributed by atoms with E-state index in [1.807, 2.05) is 6.08 Å². The Balaban J connectivity index is 1.63. The average Bonchev–Trinajstić information content (AvgIpc) is 3.58. The Kier molecular flexibility index (Phi) is 6.95. The van der Waals surface area contributed by atoms with Crippen LogP contribution in [0.25, 0.3) is 6.08 Å². The quantitative estimate of drug-likeness (QED) is 0.509. The molecule has 0 unspecified atom stereocenters. The molecule has 34 heavy (non-hydrogen) atoms. The maximum absolute atomic E-state index is 14.0. The molecule has 0 amide bonds. The van der Waals surface area contributed by atoms with Gasteiger partial charge in [-0.25, -0.2) is 17.6 Å². The highest BCUT2D eigenvalue weighted by molar-refractivity contribution is 7.92. The van der Waals surface area contributed by atoms with E-state index in [1.54, 1.807) is 12.1 Å². The van der Waals surface area contributed by atoms with Crippen molar-refractivity contribution >= 4 is 27.8 Å². The van der Waals surface area contributed by atoms with Crippen molar-refractivity contribution in [1.29, 1.82) is 0 Å². The zero-order chi connectivity index (χ0) is 24.5. The number of anilines is 1. The lowest BCUT2D eigenvalue weighted by Gasteiger charge is -2.21. The molecule has 0 aromatic heterocycles. The smallest absolute Gasteiger partial charge is 0.341 e. The fourth-order valence-corrected chi connectivity index (χ4v) is 5.70. The normalized spacial score (nSPS) is 18.9. The summed E-state index contributed by atoms with van der Waals surface area (Å²) < 4.78 is 48.6. The van der Waals surface area contributed by atoms with Crippen LogP contribution in [0.1, 0.15) is 54.1 Å². The summed E-state index contributed by atoms with van der Waals surface area (Å²) in [5, 5.41) is 9.83. The molecule has 1 heterocycles. The van der Waals surface area contributed by atoms with Gasteiger partial charge in [-0.2, -0.15) is 0 Å². The van der Waals surface area contributed by atoms with Gasteiger partial charge in [0.05, 0.1) is 17.2 Å². The number of sulfonamides is 1. The molecule has 0 bridgehead atoms. The Hall–Kier alpha value is -2.91. The molecule has 9 heteroatoms. The molecular weight excluding hydrogens is 459 g/mol. The number of carboxylic acids is 1. The third-order valence-electron chi connectivity index (χ3n) is 6.48. The predicted octanol–water partition coefficient (Wildman–Crippen LogP) is 4.57. The number of carbonyl (C=O) groups is 1. The second-order valence-electron chi connectivity index (χ2n) is 8.63. The summed E-state index contributed by atoms with van der Waals surface area (Å²) in [6, 6.07) is 6.61. The number of halogens is 1. The Morgan fingerprint density at radius 1 is 1.26 bits per heavy atom. The molecule has 182 valence electrons. The molecule has 1 saturated carbocycles. The zero-order valence-electron chi connectivity index (χ0n) is 19.3. The standard InChI is InChI=1S/C25H29FN2O5S/c1-3-28(4-2)12-6-5-7-16-13-18(26)8-11-22(16)34(31,32)27-21-10-9-19-20-14-17(20)15-33-24(19)23(21)25(29)30/h5,7-11,13,17,20,27H,3-4,6,12,14-15H2,1-2H3,(H,29,30)/b7-5-/t17-,20-/m1/s1. The van der Waals surface area contributed by atoms with Crippen LogP contribution in [0.4, 0.5) is 10.1 Å². The van der Waals surface area contributed by atoms with E-state index in [-0.39, 0.29) is 33.4 Å². The van der Waals surface area contributed by atoms with Gasteiger partial charge in [-0.1, -0.05) is 32.1 Å². The third kappa shape index (κ3) is 4.95. The molecule has 2 aromatic carbocycles. The number of hydrogen-bond donors (Lipinski definition) is 2. The van der Waals surface area contributed by atoms with Crippen LogP contribution in [0.3, 0.4) is 0 Å². The molecule has 7 nitrogen and oxygen atoms in total. The number of nitrogens with one attached hydrogen (secondary N) is 1. The van der Waals surface area contributed by atoms with Crippen molar-refractivity contribution in [3.05, 3.63) is 58.9 Å². The van der Waals surface area contributed by atoms with E-state index < -0.39 is 21.8 Å². The summed E-state index contributed by atoms with van der Waals surface area (Å²) >= 11 is 0. The number of aromatic carboxylic acids is 1. The molecule has 2 N–H and O–H groups in total. The summed E-state index contributed by atoms with van der Waals surface area (Å²) in [6.07, 6.45) is 5.02. The molecule has 1 fully saturated rings. The lowest BCUT2D eigenvalue weighted by atomic mass is 10.0. The van der Waals surface area contributed by atoms with Crippen molar-refractivity contribution in [2.45, 2.75) is 37.5 Å². The van der Waals surface area contributed by atoms with Gasteiger partial charge in [0.2, 0.25) is 0 Å². The molecule has 2 aromatic rings. The monoisotopic (exact) mass is 488 g/mol. The van der Waals surface area contributed by atoms with Gasteiger partial charge in [-0.05, 0) is 67.2 Å². The first-order chi connectivity index (χ1) is 16.2. The Bertz CT molecular complexity index is 1220. The predicted molar refractivity (Wildman–Crippen MR) is 128 cm³/mol. The van der Waals surface area contributed by atoms with Crippen LogP contribution in [-0.4, -0.2) is 50.6 Å². The maximum Gasteiger partial charge on any atom is 0.341 e. The molecule has 4 rings (SSSR count). The second-order valence-corrected chi connectivity index (χ2v) is 10.3. The first kappa shape index (κ1) is 24.2. The van der Waals surface area contributed by atoms with Gasteiger partial charge in [-0.3, -0.25) is 4.72 Å². The number of rotatable bonds is 10. The minimum absolute atomic E-state index is 0.0777. The first-order valence-corrected chi connectivity index (χ1v) is 13.0. The van der Waals surface area contributed by atoms with Crippen molar-refractivity contribution in [1.82, 2.24) is 4.90 Å². The van der Waals surface area contributed by atoms with Gasteiger partial charge in [0, 0.05) is 12.5 Å². The molecule has 0 radical (unpaired) electrons. The molecule has 0 spiro atoms. The highest BCUT2D eigenvalue weighted by atomic mass is 32.2. The van der Waals surface area contributed by atoms with Gasteiger partial charge in [-0.15, -0.1) is 0 Å². The van der Waals surface area contributed by atoms with Gasteiger partial charge in [0.15, 0.2) is 0 Å². The van der Waals surface area contributed by atoms with E-state index in [0.29, 0.717) is 18.9 Å². The van der Waals surface area contributed by atoms with Gasteiger partial charge in [0.1, 0.15) is 17.1 Å². The summed E-state index contributed by atoms with van der Waals surface area (Å²) in [5.74, 6) is -0.953. The van der Waals surface area contributed by atoms with Crippen molar-refractivity contribution in [2.75, 3.05) is 31.0 Å². The Labute approximate surface area is 199 Å². The summed E-state index contributed by atoms with van der Waals surface area (Å²) in [4.78, 5) is 14.1. The molecule has 0 saturated heterocycles. The van der Waals surface area contributed by atoms with Crippen molar-refractivity contribution in [3.63, 3.8) is 0 Å². The molecular formula is C25H29FN2O5S. The SMILES string of the molecule is CCN(CC)CC/C=C\c1cc(F)ccc1S(=O)(=O)Nc1ccc2c(c1C(=O)O)OC[C@H]1C[C@@H]21. The average molecular weight is 489 g/mol. The Morgan fingerprint density at radius 2 is 2.03 bits per heavy atom. The lowest BCUT2D eigenvalue weighted by Crippen LogP contribution is -2.23. The third-order valence-corrected chi connectivity index (χ3v) is 7.91. The van der Waals surface area contributed by atoms with Crippen LogP contribution in [0.5, 0.6) is 5.75 Å². The van der Waals surface area contributed by atoms with Crippen LogP contribution < -0.4 is 9.46 Å². The number of fused-ring (bicyclic) bond motifs is 3. The van der Waals surface area contributed by atoms with Crippen LogP contribution in [0, 0.1) is 11.7 Å². The molecule has 1 aliphatic carbocycles. The number of carboxylic acid groups (broad SMARTS) is 1. The van der Waals surface area contributed by atoms with Gasteiger partial charge >= 0.3 is 5.97 Å². The van der Waals surface area contributed by atoms with Crippen molar-refractivity contribution in [2.24, 2.45) is 5.92 Å². The summed E-state index contributed by atoms with van der Waals surface area (Å²) in [5.41, 5.74) is 0.713. The number of hydrogen-bond acceptors (Lipinski definition) is 5. The topological polar surface area (TPSA) is 95.9 Å². The van der Waals surface area contributed by atoms with E-state index in [4.69, 9.17) is 4.74 Å². The van der Waals surface area contributed by atoms with Gasteiger partial charge in [0.25, 0.3) is 10.0 Å². The van der Waals surface area contributed by atoms with E-state index in [1.165, 1.54) is 12.1 Å². The second kappa shape index (κ2) is 9.76. The van der Waals surface area contributed by atoms with Gasteiger partial charge < -0.3 is 14.7 Å². The minimum Gasteiger partial charge on any atom is -0.492 e. The van der Waals surface area contributed by atoms with E-state index in [2.05, 4.69) is 23.5 Å². The molecule has 2 atom stereocenters. The molecule has 2 aliphatic rings. The van der Waals surface area contributed by atoms with Crippen LogP contribution in [-0.2, 0) is 10.0 Å². The number of ether oxygens (including phenoxy) is 1. The minimum atomic E-state index is -4.21.